The number of nitrogens with one attached hydrogen (secondary N) is 1. The number of hydrogen-bond donors (Lipinski definition) is 2. The van der Waals surface area contributed by atoms with Crippen LogP contribution in [0.1, 0.15) is 33.1 Å². The number of thiol groups is 1. The van der Waals surface area contributed by atoms with Gasteiger partial charge in [0.25, 0.3) is 0 Å². The normalized spacial score (nSPS) is 10.4. The lowest BCUT2D eigenvalue weighted by Crippen LogP contribution is -2.52. The molecule has 14 heteroatoms. The molecule has 0 radical (unpaired) electrons. The summed E-state index contributed by atoms with van der Waals surface area (Å²) in [5.74, 6) is 0.203. The van der Waals surface area contributed by atoms with Gasteiger partial charge >= 0.3 is 30.0 Å². The van der Waals surface area contributed by atoms with E-state index in [4.69, 9.17) is 14.2 Å². The van der Waals surface area contributed by atoms with Crippen molar-refractivity contribution in [2.24, 2.45) is 0 Å². The number of imide groups is 1. The standard InChI is InChI=1S/C23H39N3O8S3/c1-5-24-22(30)26(11-14-34-19(27)6-15-35)23(31)25(9-12-32-20(28)7-16-36-4)10-13-33-21(29)8-17-37-18(2)3/h5,18,35H,1,6-17H2,2-4H3,(H,24,30). The molecule has 11 nitrogen and oxygen atoms in total. The predicted octanol–water partition coefficient (Wildman–Crippen LogP) is 2.80. The summed E-state index contributed by atoms with van der Waals surface area (Å²) in [7, 11) is 0. The molecule has 0 fully saturated rings. The van der Waals surface area contributed by atoms with E-state index in [1.54, 1.807) is 11.8 Å². The van der Waals surface area contributed by atoms with Gasteiger partial charge in [-0.2, -0.15) is 36.2 Å². The summed E-state index contributed by atoms with van der Waals surface area (Å²) >= 11 is 7.10. The van der Waals surface area contributed by atoms with Crippen LogP contribution in [0.3, 0.4) is 0 Å². The molecule has 0 aliphatic rings. The quantitative estimate of drug-likeness (QED) is 0.133. The number of ether oxygens (including phenoxy) is 3. The van der Waals surface area contributed by atoms with Gasteiger partial charge in [-0.05, 0) is 17.7 Å². The van der Waals surface area contributed by atoms with Crippen molar-refractivity contribution in [1.29, 1.82) is 0 Å². The molecule has 0 saturated heterocycles. The fourth-order valence-electron chi connectivity index (χ4n) is 2.58. The zero-order chi connectivity index (χ0) is 28.1. The average Bonchev–Trinajstić information content (AvgIpc) is 2.84. The lowest BCUT2D eigenvalue weighted by Gasteiger charge is -2.29. The van der Waals surface area contributed by atoms with Crippen molar-refractivity contribution in [2.75, 3.05) is 63.0 Å². The fraction of sp³-hybridized carbons (Fsp3) is 0.696. The van der Waals surface area contributed by atoms with Crippen LogP contribution in [0.25, 0.3) is 0 Å². The predicted molar refractivity (Wildman–Crippen MR) is 149 cm³/mol. The van der Waals surface area contributed by atoms with Gasteiger partial charge in [-0.25, -0.2) is 14.5 Å². The van der Waals surface area contributed by atoms with Crippen LogP contribution in [-0.4, -0.2) is 108 Å². The number of thioether (sulfide) groups is 2. The van der Waals surface area contributed by atoms with Gasteiger partial charge in [-0.3, -0.25) is 14.4 Å². The van der Waals surface area contributed by atoms with E-state index < -0.39 is 30.0 Å². The molecule has 212 valence electrons. The molecule has 4 amide bonds. The number of amides is 4. The summed E-state index contributed by atoms with van der Waals surface area (Å²) in [6, 6.07) is -1.52. The van der Waals surface area contributed by atoms with Gasteiger partial charge in [-0.15, -0.1) is 0 Å². The number of esters is 3. The maximum absolute atomic E-state index is 13.2. The molecule has 0 heterocycles. The van der Waals surface area contributed by atoms with Gasteiger partial charge < -0.3 is 24.4 Å². The number of hydrogen-bond acceptors (Lipinski definition) is 11. The first-order valence-electron chi connectivity index (χ1n) is 11.8. The number of rotatable bonds is 19. The van der Waals surface area contributed by atoms with E-state index >= 15 is 0 Å². The number of carbonyl (C=O) groups is 5. The van der Waals surface area contributed by atoms with E-state index in [9.17, 15) is 24.0 Å². The van der Waals surface area contributed by atoms with Crippen LogP contribution >= 0.6 is 36.2 Å². The zero-order valence-electron chi connectivity index (χ0n) is 21.8. The lowest BCUT2D eigenvalue weighted by molar-refractivity contribution is -0.144. The van der Waals surface area contributed by atoms with Crippen molar-refractivity contribution in [1.82, 2.24) is 15.1 Å². The van der Waals surface area contributed by atoms with Crippen LogP contribution in [0.5, 0.6) is 0 Å². The number of carbonyl (C=O) groups excluding carboxylic acids is 5. The number of urea groups is 2. The van der Waals surface area contributed by atoms with Crippen LogP contribution in [-0.2, 0) is 28.6 Å². The van der Waals surface area contributed by atoms with Gasteiger partial charge in [0, 0.05) is 17.3 Å². The highest BCUT2D eigenvalue weighted by Gasteiger charge is 2.27. The monoisotopic (exact) mass is 581 g/mol. The van der Waals surface area contributed by atoms with Gasteiger partial charge in [-0.1, -0.05) is 20.4 Å². The topological polar surface area (TPSA) is 132 Å². The SMILES string of the molecule is C=CNC(=O)N(CCOC(=O)CCS)C(=O)N(CCOC(=O)CCSC)CCOC(=O)CCSC(C)C. The minimum absolute atomic E-state index is 0.0398. The van der Waals surface area contributed by atoms with Gasteiger partial charge in [0.1, 0.15) is 19.8 Å². The minimum Gasteiger partial charge on any atom is -0.464 e. The Hall–Kier alpha value is -2.06. The molecule has 0 spiro atoms. The third-order valence-electron chi connectivity index (χ3n) is 4.38. The van der Waals surface area contributed by atoms with Crippen LogP contribution in [0.2, 0.25) is 0 Å². The van der Waals surface area contributed by atoms with Crippen molar-refractivity contribution in [2.45, 2.75) is 38.4 Å². The Labute approximate surface area is 233 Å². The van der Waals surface area contributed by atoms with Crippen LogP contribution in [0.15, 0.2) is 12.8 Å². The summed E-state index contributed by atoms with van der Waals surface area (Å²) in [5.41, 5.74) is 0. The van der Waals surface area contributed by atoms with E-state index in [0.29, 0.717) is 22.5 Å². The summed E-state index contributed by atoms with van der Waals surface area (Å²) in [6.45, 7) is 6.74. The molecule has 0 aromatic heterocycles. The van der Waals surface area contributed by atoms with E-state index in [-0.39, 0.29) is 58.7 Å². The second-order valence-electron chi connectivity index (χ2n) is 7.62. The molecule has 0 saturated carbocycles. The molecule has 37 heavy (non-hydrogen) atoms. The molecule has 0 aromatic rings. The molecule has 0 rings (SSSR count). The zero-order valence-corrected chi connectivity index (χ0v) is 24.3. The largest absolute Gasteiger partial charge is 0.464 e. The number of nitrogens with zero attached hydrogens (tertiary/aromatic N) is 2. The first-order chi connectivity index (χ1) is 17.7. The summed E-state index contributed by atoms with van der Waals surface area (Å²) < 4.78 is 15.5. The summed E-state index contributed by atoms with van der Waals surface area (Å²) in [5, 5.41) is 2.72. The highest BCUT2D eigenvalue weighted by molar-refractivity contribution is 7.99. The molecule has 0 atom stereocenters. The van der Waals surface area contributed by atoms with E-state index in [0.717, 1.165) is 11.1 Å². The molecule has 0 aromatic carbocycles. The van der Waals surface area contributed by atoms with Gasteiger partial charge in [0.05, 0.1) is 38.9 Å². The maximum atomic E-state index is 13.2. The maximum Gasteiger partial charge on any atom is 0.329 e. The van der Waals surface area contributed by atoms with Crippen LogP contribution < -0.4 is 5.32 Å². The molecule has 0 aliphatic heterocycles. The first kappa shape index (κ1) is 34.9. The Kier molecular flexibility index (Phi) is 20.7. The molecular weight excluding hydrogens is 542 g/mol. The van der Waals surface area contributed by atoms with E-state index in [1.807, 2.05) is 20.1 Å². The molecule has 0 aliphatic carbocycles. The summed E-state index contributed by atoms with van der Waals surface area (Å²) in [6.07, 6.45) is 3.53. The van der Waals surface area contributed by atoms with Crippen molar-refractivity contribution in [3.05, 3.63) is 12.8 Å². The average molecular weight is 582 g/mol. The van der Waals surface area contributed by atoms with Crippen molar-refractivity contribution in [3.8, 4) is 0 Å². The van der Waals surface area contributed by atoms with E-state index in [2.05, 4.69) is 24.5 Å². The first-order valence-corrected chi connectivity index (χ1v) is 14.9. The third kappa shape index (κ3) is 17.9. The van der Waals surface area contributed by atoms with Crippen molar-refractivity contribution < 1.29 is 38.2 Å². The highest BCUT2D eigenvalue weighted by atomic mass is 32.2. The fourth-order valence-corrected chi connectivity index (χ4v) is 3.89. The Morgan fingerprint density at radius 1 is 0.892 bits per heavy atom. The molecule has 0 unspecified atom stereocenters. The molecular formula is C23H39N3O8S3. The van der Waals surface area contributed by atoms with E-state index in [1.165, 1.54) is 16.7 Å². The van der Waals surface area contributed by atoms with Crippen LogP contribution in [0.4, 0.5) is 9.59 Å². The van der Waals surface area contributed by atoms with Crippen molar-refractivity contribution >= 4 is 66.1 Å². The van der Waals surface area contributed by atoms with Crippen molar-refractivity contribution in [3.63, 3.8) is 0 Å². The third-order valence-corrected chi connectivity index (χ3v) is 6.32. The second-order valence-corrected chi connectivity index (χ2v) is 10.7. The summed E-state index contributed by atoms with van der Waals surface area (Å²) in [4.78, 5) is 63.3. The van der Waals surface area contributed by atoms with Gasteiger partial charge in [0.2, 0.25) is 0 Å². The Bertz CT molecular complexity index is 740. The second kappa shape index (κ2) is 22.0. The van der Waals surface area contributed by atoms with Gasteiger partial charge in [0.15, 0.2) is 0 Å². The lowest BCUT2D eigenvalue weighted by atomic mass is 10.4. The minimum atomic E-state index is -0.782. The molecule has 0 bridgehead atoms. The highest BCUT2D eigenvalue weighted by Crippen LogP contribution is 2.10. The Balaban J connectivity index is 5.23. The smallest absolute Gasteiger partial charge is 0.329 e. The Morgan fingerprint density at radius 3 is 1.89 bits per heavy atom. The Morgan fingerprint density at radius 2 is 1.41 bits per heavy atom. The molecule has 1 N–H and O–H groups in total. The van der Waals surface area contributed by atoms with Crippen LogP contribution in [0, 0.1) is 0 Å².